The van der Waals surface area contributed by atoms with Gasteiger partial charge in [0.15, 0.2) is 0 Å². The molecule has 5 heteroatoms. The van der Waals surface area contributed by atoms with Crippen molar-refractivity contribution in [2.45, 2.75) is 95.9 Å². The van der Waals surface area contributed by atoms with Gasteiger partial charge in [0.1, 0.15) is 6.79 Å². The number of aliphatic hydroxyl groups is 2. The van der Waals surface area contributed by atoms with Crippen LogP contribution >= 0.6 is 11.3 Å². The van der Waals surface area contributed by atoms with E-state index in [0.29, 0.717) is 31.2 Å². The van der Waals surface area contributed by atoms with E-state index in [1.54, 1.807) is 11.3 Å². The summed E-state index contributed by atoms with van der Waals surface area (Å²) in [4.78, 5) is 0. The van der Waals surface area contributed by atoms with E-state index in [1.165, 1.54) is 6.42 Å². The van der Waals surface area contributed by atoms with Crippen LogP contribution in [0.1, 0.15) is 84.1 Å². The third-order valence-electron chi connectivity index (χ3n) is 10.5. The molecule has 4 fully saturated rings. The molecule has 4 saturated carbocycles. The summed E-state index contributed by atoms with van der Waals surface area (Å²) < 4.78 is 12.6. The van der Waals surface area contributed by atoms with Gasteiger partial charge in [0.2, 0.25) is 0 Å². The first kappa shape index (κ1) is 22.3. The van der Waals surface area contributed by atoms with Gasteiger partial charge in [-0.2, -0.15) is 11.3 Å². The standard InChI is InChI=1S/C26H40O4S/c1-4-29-17-30-26-13-12-25(28,19-9-14-31-16-19)24(26,3)11-8-21-22(26)6-5-18-15-20(27)7-10-23(18,21)2/h9,14,16,18,20-22,27-28H,4-8,10-13,15,17H2,1-3H3/t18-,20-,21-,22+,23-,24+,25-,26-/m0/s1. The molecule has 0 spiro atoms. The molecule has 8 atom stereocenters. The number of ether oxygens (including phenoxy) is 2. The first-order chi connectivity index (χ1) is 14.8. The summed E-state index contributed by atoms with van der Waals surface area (Å²) in [6.07, 6.45) is 8.98. The molecule has 4 nitrogen and oxygen atoms in total. The van der Waals surface area contributed by atoms with E-state index >= 15 is 0 Å². The lowest BCUT2D eigenvalue weighted by atomic mass is 9.42. The Bertz CT molecular complexity index is 782. The second-order valence-electron chi connectivity index (χ2n) is 11.3. The average molecular weight is 449 g/mol. The van der Waals surface area contributed by atoms with Crippen molar-refractivity contribution in [1.82, 2.24) is 0 Å². The molecule has 174 valence electrons. The summed E-state index contributed by atoms with van der Waals surface area (Å²) in [6.45, 7) is 7.78. The van der Waals surface area contributed by atoms with E-state index in [1.807, 2.05) is 6.92 Å². The maximum Gasteiger partial charge on any atom is 0.147 e. The molecule has 1 heterocycles. The van der Waals surface area contributed by atoms with Crippen molar-refractivity contribution in [2.24, 2.45) is 28.6 Å². The van der Waals surface area contributed by atoms with Crippen LogP contribution in [0.3, 0.4) is 0 Å². The first-order valence-corrected chi connectivity index (χ1v) is 13.4. The second kappa shape index (κ2) is 7.80. The monoisotopic (exact) mass is 448 g/mol. The van der Waals surface area contributed by atoms with Gasteiger partial charge in [0, 0.05) is 12.0 Å². The van der Waals surface area contributed by atoms with E-state index in [0.717, 1.165) is 56.9 Å². The minimum Gasteiger partial charge on any atom is -0.393 e. The fourth-order valence-electron chi connectivity index (χ4n) is 8.72. The van der Waals surface area contributed by atoms with Crippen LogP contribution in [0.25, 0.3) is 0 Å². The van der Waals surface area contributed by atoms with Crippen molar-refractivity contribution in [1.29, 1.82) is 0 Å². The SMILES string of the molecule is CCOCO[C@]12CC[C@](O)(c3ccsc3)[C@@]1(C)CC[C@H]1[C@H]2CC[C@H]2C[C@@H](O)CC[C@@]21C. The molecular weight excluding hydrogens is 408 g/mol. The van der Waals surface area contributed by atoms with Gasteiger partial charge in [0.05, 0.1) is 17.3 Å². The minimum absolute atomic E-state index is 0.123. The highest BCUT2D eigenvalue weighted by Gasteiger charge is 2.73. The quantitative estimate of drug-likeness (QED) is 0.463. The Morgan fingerprint density at radius 2 is 1.90 bits per heavy atom. The molecule has 0 aliphatic heterocycles. The lowest BCUT2D eigenvalue weighted by Crippen LogP contribution is -2.65. The molecule has 0 radical (unpaired) electrons. The van der Waals surface area contributed by atoms with Crippen LogP contribution in [0, 0.1) is 28.6 Å². The summed E-state index contributed by atoms with van der Waals surface area (Å²) in [5.41, 5.74) is -0.178. The number of thiophene rings is 1. The number of fused-ring (bicyclic) bond motifs is 5. The van der Waals surface area contributed by atoms with Gasteiger partial charge in [-0.05, 0) is 110 Å². The Morgan fingerprint density at radius 3 is 2.65 bits per heavy atom. The molecule has 0 saturated heterocycles. The lowest BCUT2D eigenvalue weighted by molar-refractivity contribution is -0.280. The number of hydrogen-bond donors (Lipinski definition) is 2. The van der Waals surface area contributed by atoms with Crippen molar-refractivity contribution in [2.75, 3.05) is 13.4 Å². The van der Waals surface area contributed by atoms with Gasteiger partial charge in [-0.15, -0.1) is 0 Å². The smallest absolute Gasteiger partial charge is 0.147 e. The topological polar surface area (TPSA) is 58.9 Å². The average Bonchev–Trinajstić information content (AvgIpc) is 3.36. The molecule has 0 amide bonds. The fraction of sp³-hybridized carbons (Fsp3) is 0.846. The van der Waals surface area contributed by atoms with E-state index in [9.17, 15) is 10.2 Å². The maximum atomic E-state index is 12.2. The van der Waals surface area contributed by atoms with E-state index < -0.39 is 5.60 Å². The zero-order valence-corrected chi connectivity index (χ0v) is 20.3. The van der Waals surface area contributed by atoms with Crippen molar-refractivity contribution >= 4 is 11.3 Å². The van der Waals surface area contributed by atoms with Gasteiger partial charge in [-0.3, -0.25) is 0 Å². The molecule has 4 aliphatic carbocycles. The number of hydrogen-bond acceptors (Lipinski definition) is 5. The molecule has 4 aliphatic rings. The highest BCUT2D eigenvalue weighted by atomic mass is 32.1. The van der Waals surface area contributed by atoms with Gasteiger partial charge >= 0.3 is 0 Å². The Labute approximate surface area is 191 Å². The van der Waals surface area contributed by atoms with Gasteiger partial charge in [-0.1, -0.05) is 13.8 Å². The molecule has 0 unspecified atom stereocenters. The summed E-state index contributed by atoms with van der Waals surface area (Å²) in [5, 5.41) is 26.8. The molecule has 2 N–H and O–H groups in total. The lowest BCUT2D eigenvalue weighted by Gasteiger charge is -2.65. The van der Waals surface area contributed by atoms with Crippen LogP contribution in [-0.2, 0) is 15.1 Å². The maximum absolute atomic E-state index is 12.2. The molecule has 5 rings (SSSR count). The summed E-state index contributed by atoms with van der Waals surface area (Å²) in [6, 6.07) is 2.11. The highest BCUT2D eigenvalue weighted by molar-refractivity contribution is 7.08. The normalized spacial score (nSPS) is 49.3. The van der Waals surface area contributed by atoms with E-state index in [2.05, 4.69) is 30.7 Å². The molecule has 1 aromatic heterocycles. The Hall–Kier alpha value is -0.460. The first-order valence-electron chi connectivity index (χ1n) is 12.5. The van der Waals surface area contributed by atoms with E-state index in [-0.39, 0.29) is 22.5 Å². The zero-order chi connectivity index (χ0) is 21.9. The third-order valence-corrected chi connectivity index (χ3v) is 11.2. The zero-order valence-electron chi connectivity index (χ0n) is 19.4. The van der Waals surface area contributed by atoms with Crippen LogP contribution in [0.4, 0.5) is 0 Å². The highest BCUT2D eigenvalue weighted by Crippen LogP contribution is 2.72. The molecule has 0 aromatic carbocycles. The Balaban J connectivity index is 1.55. The summed E-state index contributed by atoms with van der Waals surface area (Å²) in [7, 11) is 0. The molecule has 0 bridgehead atoms. The van der Waals surface area contributed by atoms with E-state index in [4.69, 9.17) is 9.47 Å². The predicted molar refractivity (Wildman–Crippen MR) is 123 cm³/mol. The van der Waals surface area contributed by atoms with Crippen molar-refractivity contribution in [3.8, 4) is 0 Å². The Morgan fingerprint density at radius 1 is 1.06 bits per heavy atom. The molecular formula is C26H40O4S. The second-order valence-corrected chi connectivity index (χ2v) is 12.1. The van der Waals surface area contributed by atoms with Crippen molar-refractivity contribution in [3.63, 3.8) is 0 Å². The van der Waals surface area contributed by atoms with Crippen LogP contribution in [0.5, 0.6) is 0 Å². The van der Waals surface area contributed by atoms with Crippen molar-refractivity contribution < 1.29 is 19.7 Å². The number of rotatable bonds is 5. The minimum atomic E-state index is -0.843. The number of aliphatic hydroxyl groups excluding tert-OH is 1. The van der Waals surface area contributed by atoms with Gasteiger partial charge in [0.25, 0.3) is 0 Å². The van der Waals surface area contributed by atoms with Crippen LogP contribution in [0.15, 0.2) is 16.8 Å². The Kier molecular flexibility index (Phi) is 5.62. The van der Waals surface area contributed by atoms with Gasteiger partial charge < -0.3 is 19.7 Å². The third kappa shape index (κ3) is 2.99. The van der Waals surface area contributed by atoms with Crippen molar-refractivity contribution in [3.05, 3.63) is 22.4 Å². The largest absolute Gasteiger partial charge is 0.393 e. The van der Waals surface area contributed by atoms with Gasteiger partial charge in [-0.25, -0.2) is 0 Å². The summed E-state index contributed by atoms with van der Waals surface area (Å²) >= 11 is 1.67. The van der Waals surface area contributed by atoms with Crippen LogP contribution in [-0.4, -0.2) is 35.3 Å². The molecule has 1 aromatic rings. The van der Waals surface area contributed by atoms with Crippen LogP contribution in [0.2, 0.25) is 0 Å². The fourth-order valence-corrected chi connectivity index (χ4v) is 9.44. The predicted octanol–water partition coefficient (Wildman–Crippen LogP) is 5.47. The van der Waals surface area contributed by atoms with Crippen LogP contribution < -0.4 is 0 Å². The summed E-state index contributed by atoms with van der Waals surface area (Å²) in [5.74, 6) is 1.65. The molecule has 31 heavy (non-hydrogen) atoms.